The highest BCUT2D eigenvalue weighted by Crippen LogP contribution is 2.23. The molecule has 1 N–H and O–H groups in total. The summed E-state index contributed by atoms with van der Waals surface area (Å²) in [6.45, 7) is 1.92. The lowest BCUT2D eigenvalue weighted by Crippen LogP contribution is -2.19. The Balaban J connectivity index is 1.75. The molecule has 0 bridgehead atoms. The lowest BCUT2D eigenvalue weighted by Gasteiger charge is -2.08. The molecule has 0 unspecified atom stereocenters. The molecule has 0 aromatic heterocycles. The summed E-state index contributed by atoms with van der Waals surface area (Å²) in [4.78, 5) is 24.4. The van der Waals surface area contributed by atoms with Crippen molar-refractivity contribution in [2.45, 2.75) is 6.92 Å². The first kappa shape index (κ1) is 20.4. The fourth-order valence-corrected chi connectivity index (χ4v) is 2.81. The highest BCUT2D eigenvalue weighted by Gasteiger charge is 2.12. The number of aryl methyl sites for hydroxylation is 1. The van der Waals surface area contributed by atoms with Crippen molar-refractivity contribution in [3.05, 3.63) is 99.3 Å². The van der Waals surface area contributed by atoms with Crippen molar-refractivity contribution in [1.82, 2.24) is 5.43 Å². The fourth-order valence-electron chi connectivity index (χ4n) is 2.43. The largest absolute Gasteiger partial charge is 0.422 e. The van der Waals surface area contributed by atoms with Crippen LogP contribution in [0.3, 0.4) is 0 Å². The first-order valence-electron chi connectivity index (χ1n) is 8.60. The molecule has 0 heterocycles. The van der Waals surface area contributed by atoms with Crippen molar-refractivity contribution in [2.24, 2.45) is 5.10 Å². The van der Waals surface area contributed by atoms with E-state index in [-0.39, 0.29) is 11.3 Å². The Labute approximate surface area is 175 Å². The zero-order valence-corrected chi connectivity index (χ0v) is 16.9. The first-order chi connectivity index (χ1) is 13.9. The van der Waals surface area contributed by atoms with Gasteiger partial charge >= 0.3 is 5.97 Å². The predicted octanol–water partition coefficient (Wildman–Crippen LogP) is 4.88. The Morgan fingerprint density at radius 3 is 2.52 bits per heavy atom. The second-order valence-corrected chi connectivity index (χ2v) is 7.03. The predicted molar refractivity (Wildman–Crippen MR) is 112 cm³/mol. The molecule has 0 aliphatic heterocycles. The van der Waals surface area contributed by atoms with Crippen molar-refractivity contribution < 1.29 is 18.7 Å². The summed E-state index contributed by atoms with van der Waals surface area (Å²) in [5.41, 5.74) is 4.04. The number of nitrogens with zero attached hydrogens (tertiary/aromatic N) is 1. The van der Waals surface area contributed by atoms with E-state index in [0.29, 0.717) is 11.1 Å². The van der Waals surface area contributed by atoms with Crippen molar-refractivity contribution >= 4 is 34.0 Å². The lowest BCUT2D eigenvalue weighted by molar-refractivity contribution is 0.0734. The van der Waals surface area contributed by atoms with Crippen LogP contribution in [0.25, 0.3) is 0 Å². The molecule has 0 saturated carbocycles. The highest BCUT2D eigenvalue weighted by atomic mass is 79.9. The van der Waals surface area contributed by atoms with Crippen LogP contribution in [0.1, 0.15) is 31.8 Å². The quantitative estimate of drug-likeness (QED) is 0.258. The maximum atomic E-state index is 13.7. The maximum absolute atomic E-state index is 13.7. The summed E-state index contributed by atoms with van der Waals surface area (Å²) in [5, 5.41) is 3.85. The van der Waals surface area contributed by atoms with Crippen LogP contribution in [0.4, 0.5) is 4.39 Å². The minimum atomic E-state index is -0.687. The van der Waals surface area contributed by atoms with Crippen LogP contribution in [-0.4, -0.2) is 18.1 Å². The second-order valence-electron chi connectivity index (χ2n) is 6.12. The van der Waals surface area contributed by atoms with E-state index in [0.717, 1.165) is 10.0 Å². The summed E-state index contributed by atoms with van der Waals surface area (Å²) >= 11 is 3.34. The average Bonchev–Trinajstić information content (AvgIpc) is 2.70. The van der Waals surface area contributed by atoms with E-state index in [1.807, 2.05) is 19.1 Å². The zero-order valence-electron chi connectivity index (χ0n) is 15.4. The molecule has 5 nitrogen and oxygen atoms in total. The molecule has 0 radical (unpaired) electrons. The minimum Gasteiger partial charge on any atom is -0.422 e. The zero-order chi connectivity index (χ0) is 20.8. The van der Waals surface area contributed by atoms with Gasteiger partial charge in [-0.15, -0.1) is 0 Å². The summed E-state index contributed by atoms with van der Waals surface area (Å²) < 4.78 is 19.9. The van der Waals surface area contributed by atoms with Gasteiger partial charge in [0.15, 0.2) is 0 Å². The van der Waals surface area contributed by atoms with Gasteiger partial charge < -0.3 is 4.74 Å². The summed E-state index contributed by atoms with van der Waals surface area (Å²) in [6.07, 6.45) is 1.32. The number of hydrogen-bond acceptors (Lipinski definition) is 4. The molecule has 146 valence electrons. The van der Waals surface area contributed by atoms with Crippen LogP contribution < -0.4 is 10.2 Å². The van der Waals surface area contributed by atoms with Crippen molar-refractivity contribution in [2.75, 3.05) is 0 Å². The Morgan fingerprint density at radius 2 is 1.79 bits per heavy atom. The number of hydrogen-bond donors (Lipinski definition) is 1. The SMILES string of the molecule is Cc1ccc(C(=O)Oc2ccc(Br)cc2C=NNC(=O)c2ccccc2F)cc1. The Hall–Kier alpha value is -3.32. The van der Waals surface area contributed by atoms with Gasteiger partial charge in [0, 0.05) is 10.0 Å². The monoisotopic (exact) mass is 454 g/mol. The third-order valence-corrected chi connectivity index (χ3v) is 4.44. The second kappa shape index (κ2) is 9.25. The van der Waals surface area contributed by atoms with E-state index in [1.165, 1.54) is 24.4 Å². The van der Waals surface area contributed by atoms with E-state index >= 15 is 0 Å². The topological polar surface area (TPSA) is 67.8 Å². The minimum absolute atomic E-state index is 0.120. The van der Waals surface area contributed by atoms with Gasteiger partial charge in [0.25, 0.3) is 5.91 Å². The van der Waals surface area contributed by atoms with Crippen molar-refractivity contribution in [1.29, 1.82) is 0 Å². The Bertz CT molecular complexity index is 1080. The normalized spacial score (nSPS) is 10.7. The molecule has 0 aliphatic rings. The fraction of sp³-hybridized carbons (Fsp3) is 0.0455. The van der Waals surface area contributed by atoms with Crippen LogP contribution in [0, 0.1) is 12.7 Å². The van der Waals surface area contributed by atoms with E-state index in [4.69, 9.17) is 4.74 Å². The summed E-state index contributed by atoms with van der Waals surface area (Å²) in [5.74, 6) is -1.58. The molecule has 3 aromatic rings. The molecule has 1 amide bonds. The molecular formula is C22H16BrFN2O3. The number of benzene rings is 3. The highest BCUT2D eigenvalue weighted by molar-refractivity contribution is 9.10. The van der Waals surface area contributed by atoms with Crippen LogP contribution in [0.15, 0.2) is 76.3 Å². The van der Waals surface area contributed by atoms with Gasteiger partial charge in [-0.2, -0.15) is 5.10 Å². The number of esters is 1. The Kier molecular flexibility index (Phi) is 6.51. The number of carbonyl (C=O) groups excluding carboxylic acids is 2. The number of ether oxygens (including phenoxy) is 1. The Morgan fingerprint density at radius 1 is 1.07 bits per heavy atom. The molecule has 7 heteroatoms. The van der Waals surface area contributed by atoms with Crippen LogP contribution >= 0.6 is 15.9 Å². The first-order valence-corrected chi connectivity index (χ1v) is 9.39. The molecule has 0 fully saturated rings. The standard InChI is InChI=1S/C22H16BrFN2O3/c1-14-6-8-15(9-7-14)22(28)29-20-11-10-17(23)12-16(20)13-25-26-21(27)18-4-2-3-5-19(18)24/h2-13H,1H3,(H,26,27). The van der Waals surface area contributed by atoms with Crippen LogP contribution in [-0.2, 0) is 0 Å². The molecular weight excluding hydrogens is 439 g/mol. The van der Waals surface area contributed by atoms with E-state index in [9.17, 15) is 14.0 Å². The van der Waals surface area contributed by atoms with Gasteiger partial charge in [-0.3, -0.25) is 4.79 Å². The number of carbonyl (C=O) groups is 2. The van der Waals surface area contributed by atoms with Crippen LogP contribution in [0.5, 0.6) is 5.75 Å². The number of amides is 1. The van der Waals surface area contributed by atoms with Crippen molar-refractivity contribution in [3.63, 3.8) is 0 Å². The van der Waals surface area contributed by atoms with Crippen molar-refractivity contribution in [3.8, 4) is 5.75 Å². The van der Waals surface area contributed by atoms with E-state index in [1.54, 1.807) is 36.4 Å². The van der Waals surface area contributed by atoms with Gasteiger partial charge in [0.2, 0.25) is 0 Å². The number of rotatable bonds is 5. The average molecular weight is 455 g/mol. The summed E-state index contributed by atoms with van der Waals surface area (Å²) in [6, 6.07) is 17.6. The van der Waals surface area contributed by atoms with Crippen LogP contribution in [0.2, 0.25) is 0 Å². The number of halogens is 2. The number of nitrogens with one attached hydrogen (secondary N) is 1. The smallest absolute Gasteiger partial charge is 0.343 e. The third kappa shape index (κ3) is 5.36. The molecule has 0 spiro atoms. The van der Waals surface area contributed by atoms with E-state index < -0.39 is 17.7 Å². The third-order valence-electron chi connectivity index (χ3n) is 3.95. The lowest BCUT2D eigenvalue weighted by atomic mass is 10.1. The van der Waals surface area contributed by atoms with Gasteiger partial charge in [0.1, 0.15) is 11.6 Å². The maximum Gasteiger partial charge on any atom is 0.343 e. The molecule has 0 atom stereocenters. The molecule has 0 aliphatic carbocycles. The van der Waals surface area contributed by atoms with Gasteiger partial charge in [0.05, 0.1) is 17.3 Å². The molecule has 3 aromatic carbocycles. The van der Waals surface area contributed by atoms with Gasteiger partial charge in [-0.25, -0.2) is 14.6 Å². The van der Waals surface area contributed by atoms with Gasteiger partial charge in [-0.1, -0.05) is 45.8 Å². The molecule has 0 saturated heterocycles. The molecule has 29 heavy (non-hydrogen) atoms. The summed E-state index contributed by atoms with van der Waals surface area (Å²) in [7, 11) is 0. The number of hydrazone groups is 1. The van der Waals surface area contributed by atoms with Gasteiger partial charge in [-0.05, 0) is 49.4 Å². The van der Waals surface area contributed by atoms with E-state index in [2.05, 4.69) is 26.5 Å². The molecule has 3 rings (SSSR count).